The largest absolute Gasteiger partial charge is 0.435 e. The van der Waals surface area contributed by atoms with E-state index in [9.17, 15) is 4.39 Å². The molecule has 3 aromatic rings. The Morgan fingerprint density at radius 2 is 1.61 bits per heavy atom. The van der Waals surface area contributed by atoms with E-state index in [4.69, 9.17) is 30.6 Å². The fraction of sp³-hybridized carbons (Fsp3) is 0.158. The maximum absolute atomic E-state index is 14.9. The minimum absolute atomic E-state index is 0.230. The highest BCUT2D eigenvalue weighted by atomic mass is 35.5. The van der Waals surface area contributed by atoms with Gasteiger partial charge in [0.1, 0.15) is 24.5 Å². The van der Waals surface area contributed by atoms with Gasteiger partial charge in [-0.1, -0.05) is 35.9 Å². The topological polar surface area (TPSA) is 65.9 Å². The molecule has 9 heteroatoms. The summed E-state index contributed by atoms with van der Waals surface area (Å²) in [7, 11) is 0. The highest BCUT2D eigenvalue weighted by Gasteiger charge is 2.21. The minimum atomic E-state index is -0.854. The Bertz CT molecular complexity index is 969. The number of para-hydroxylation sites is 3. The van der Waals surface area contributed by atoms with Crippen LogP contribution in [0.15, 0.2) is 54.9 Å². The normalized spacial score (nSPS) is 14.0. The van der Waals surface area contributed by atoms with Crippen molar-refractivity contribution in [3.05, 3.63) is 65.7 Å². The van der Waals surface area contributed by atoms with E-state index in [1.807, 2.05) is 6.07 Å². The van der Waals surface area contributed by atoms with Gasteiger partial charge in [0, 0.05) is 0 Å². The number of rotatable bonds is 5. The molecule has 0 spiro atoms. The van der Waals surface area contributed by atoms with Crippen molar-refractivity contribution in [1.82, 2.24) is 9.97 Å². The summed E-state index contributed by atoms with van der Waals surface area (Å²) in [6, 6.07) is 13.7. The predicted molar refractivity (Wildman–Crippen MR) is 99.3 cm³/mol. The Kier molecular flexibility index (Phi) is 5.52. The summed E-state index contributed by atoms with van der Waals surface area (Å²) in [4.78, 5) is 13.3. The number of hydroxylamine groups is 1. The molecule has 144 valence electrons. The zero-order valence-corrected chi connectivity index (χ0v) is 15.3. The Morgan fingerprint density at radius 1 is 0.929 bits per heavy atom. The third-order valence-corrected chi connectivity index (χ3v) is 4.10. The number of ether oxygens (including phenoxy) is 3. The van der Waals surface area contributed by atoms with Gasteiger partial charge in [-0.2, -0.15) is 14.4 Å². The predicted octanol–water partition coefficient (Wildman–Crippen LogP) is 4.58. The van der Waals surface area contributed by atoms with E-state index in [-0.39, 0.29) is 24.2 Å². The molecule has 4 rings (SSSR count). The Balaban J connectivity index is 1.60. The van der Waals surface area contributed by atoms with Gasteiger partial charge >= 0.3 is 0 Å². The second kappa shape index (κ2) is 8.39. The molecule has 1 aliphatic heterocycles. The number of benzene rings is 2. The summed E-state index contributed by atoms with van der Waals surface area (Å²) in [5.41, 5.74) is 0.578. The average molecular weight is 404 g/mol. The minimum Gasteiger partial charge on any atom is -0.435 e. The van der Waals surface area contributed by atoms with Gasteiger partial charge in [0.2, 0.25) is 5.82 Å². The second-order valence-electron chi connectivity index (χ2n) is 5.65. The molecule has 1 saturated heterocycles. The van der Waals surface area contributed by atoms with Crippen molar-refractivity contribution >= 4 is 17.3 Å². The highest BCUT2D eigenvalue weighted by Crippen LogP contribution is 2.36. The average Bonchev–Trinajstić information content (AvgIpc) is 2.73. The van der Waals surface area contributed by atoms with E-state index >= 15 is 0 Å². The maximum atomic E-state index is 14.9. The van der Waals surface area contributed by atoms with Crippen LogP contribution in [0.5, 0.6) is 23.3 Å². The molecule has 1 aliphatic rings. The highest BCUT2D eigenvalue weighted by molar-refractivity contribution is 6.32. The number of aromatic nitrogens is 2. The summed E-state index contributed by atoms with van der Waals surface area (Å²) in [6.07, 6.45) is 1.15. The zero-order chi connectivity index (χ0) is 19.3. The van der Waals surface area contributed by atoms with Crippen molar-refractivity contribution in [3.8, 4) is 23.3 Å². The van der Waals surface area contributed by atoms with Gasteiger partial charge in [0.05, 0.1) is 18.2 Å². The van der Waals surface area contributed by atoms with Gasteiger partial charge in [-0.3, -0.25) is 4.84 Å². The molecule has 0 radical (unpaired) electrons. The van der Waals surface area contributed by atoms with Crippen LogP contribution in [-0.4, -0.2) is 29.9 Å². The van der Waals surface area contributed by atoms with Gasteiger partial charge < -0.3 is 14.2 Å². The van der Waals surface area contributed by atoms with E-state index in [0.29, 0.717) is 29.7 Å². The van der Waals surface area contributed by atoms with E-state index in [2.05, 4.69) is 9.97 Å². The van der Waals surface area contributed by atoms with Crippen LogP contribution in [0.4, 0.5) is 10.1 Å². The number of anilines is 1. The lowest BCUT2D eigenvalue weighted by atomic mass is 10.3. The van der Waals surface area contributed by atoms with Gasteiger partial charge in [-0.05, 0) is 24.3 Å². The van der Waals surface area contributed by atoms with Gasteiger partial charge in [-0.15, -0.1) is 0 Å². The van der Waals surface area contributed by atoms with E-state index in [1.54, 1.807) is 42.5 Å². The standard InChI is InChI=1S/C19H15ClFN3O4/c20-13-5-1-3-7-15(13)27-18-17(21)19(23-11-22-18)28-16-8-4-2-6-14(16)24-12-25-9-10-26-24/h1-8,11H,9-10,12H2. The monoisotopic (exact) mass is 403 g/mol. The molecule has 0 N–H and O–H groups in total. The molecular weight excluding hydrogens is 389 g/mol. The molecular formula is C19H15ClFN3O4. The summed E-state index contributed by atoms with van der Waals surface area (Å²) >= 11 is 6.05. The third-order valence-electron chi connectivity index (χ3n) is 3.79. The Hall–Kier alpha value is -2.94. The van der Waals surface area contributed by atoms with Crippen molar-refractivity contribution in [2.45, 2.75) is 0 Å². The van der Waals surface area contributed by atoms with Crippen molar-refractivity contribution in [3.63, 3.8) is 0 Å². The molecule has 1 fully saturated rings. The molecule has 0 atom stereocenters. The number of hydrogen-bond donors (Lipinski definition) is 0. The molecule has 0 aliphatic carbocycles. The smallest absolute Gasteiger partial charge is 0.263 e. The van der Waals surface area contributed by atoms with Crippen LogP contribution in [0.25, 0.3) is 0 Å². The lowest BCUT2D eigenvalue weighted by molar-refractivity contribution is -0.0549. The fourth-order valence-corrected chi connectivity index (χ4v) is 2.67. The van der Waals surface area contributed by atoms with Crippen LogP contribution in [0.3, 0.4) is 0 Å². The molecule has 0 bridgehead atoms. The number of halogens is 2. The van der Waals surface area contributed by atoms with E-state index < -0.39 is 5.82 Å². The fourth-order valence-electron chi connectivity index (χ4n) is 2.50. The van der Waals surface area contributed by atoms with Gasteiger partial charge in [0.15, 0.2) is 5.75 Å². The lowest BCUT2D eigenvalue weighted by Gasteiger charge is -2.28. The van der Waals surface area contributed by atoms with Crippen LogP contribution in [0.2, 0.25) is 5.02 Å². The molecule has 2 aromatic carbocycles. The molecule has 2 heterocycles. The van der Waals surface area contributed by atoms with Crippen molar-refractivity contribution in [2.24, 2.45) is 0 Å². The summed E-state index contributed by atoms with van der Waals surface area (Å²) in [5, 5.41) is 1.86. The van der Waals surface area contributed by atoms with Crippen LogP contribution in [0, 0.1) is 5.82 Å². The van der Waals surface area contributed by atoms with Gasteiger partial charge in [0.25, 0.3) is 11.8 Å². The SMILES string of the molecule is Fc1c(Oc2ccccc2Cl)ncnc1Oc1ccccc1N1COCCO1. The maximum Gasteiger partial charge on any atom is 0.263 e. The molecule has 0 amide bonds. The molecule has 0 saturated carbocycles. The second-order valence-corrected chi connectivity index (χ2v) is 6.06. The zero-order valence-electron chi connectivity index (χ0n) is 14.5. The number of nitrogens with zero attached hydrogens (tertiary/aromatic N) is 3. The molecule has 7 nitrogen and oxygen atoms in total. The number of hydrogen-bond acceptors (Lipinski definition) is 7. The van der Waals surface area contributed by atoms with Crippen LogP contribution >= 0.6 is 11.6 Å². The van der Waals surface area contributed by atoms with Crippen molar-refractivity contribution < 1.29 is 23.4 Å². The molecule has 1 aromatic heterocycles. The van der Waals surface area contributed by atoms with Gasteiger partial charge in [-0.25, -0.2) is 5.06 Å². The first-order chi connectivity index (χ1) is 13.7. The third kappa shape index (κ3) is 3.99. The molecule has 28 heavy (non-hydrogen) atoms. The van der Waals surface area contributed by atoms with Crippen LogP contribution < -0.4 is 14.5 Å². The first kappa shape index (κ1) is 18.4. The van der Waals surface area contributed by atoms with Crippen molar-refractivity contribution in [2.75, 3.05) is 25.0 Å². The van der Waals surface area contributed by atoms with E-state index in [1.165, 1.54) is 5.06 Å². The lowest BCUT2D eigenvalue weighted by Crippen LogP contribution is -2.34. The quantitative estimate of drug-likeness (QED) is 0.617. The Morgan fingerprint density at radius 3 is 2.32 bits per heavy atom. The summed E-state index contributed by atoms with van der Waals surface area (Å²) in [6.45, 7) is 1.14. The first-order valence-electron chi connectivity index (χ1n) is 8.40. The Labute approximate surface area is 165 Å². The first-order valence-corrected chi connectivity index (χ1v) is 8.78. The van der Waals surface area contributed by atoms with Crippen LogP contribution in [-0.2, 0) is 9.57 Å². The summed E-state index contributed by atoms with van der Waals surface area (Å²) < 4.78 is 31.4. The van der Waals surface area contributed by atoms with Crippen LogP contribution in [0.1, 0.15) is 0 Å². The van der Waals surface area contributed by atoms with Crippen molar-refractivity contribution in [1.29, 1.82) is 0 Å². The molecule has 0 unspecified atom stereocenters. The summed E-state index contributed by atoms with van der Waals surface area (Å²) in [5.74, 6) is -0.829. The van der Waals surface area contributed by atoms with E-state index in [0.717, 1.165) is 6.33 Å².